The summed E-state index contributed by atoms with van der Waals surface area (Å²) >= 11 is 1.38. The van der Waals surface area contributed by atoms with Crippen molar-refractivity contribution in [1.29, 1.82) is 0 Å². The molecule has 1 aliphatic heterocycles. The number of rotatable bonds is 2. The fourth-order valence-corrected chi connectivity index (χ4v) is 2.89. The Morgan fingerprint density at radius 2 is 1.95 bits per heavy atom. The molecule has 2 N–H and O–H groups in total. The lowest BCUT2D eigenvalue weighted by Gasteiger charge is -2.07. The third kappa shape index (κ3) is 2.90. The number of aryl methyl sites for hydroxylation is 1. The van der Waals surface area contributed by atoms with Crippen LogP contribution in [0, 0.1) is 6.92 Å². The maximum absolute atomic E-state index is 12.0. The first-order valence-electron chi connectivity index (χ1n) is 6.56. The molecule has 0 atom stereocenters. The number of hydrogen-bond acceptors (Lipinski definition) is 4. The van der Waals surface area contributed by atoms with Crippen molar-refractivity contribution in [2.75, 3.05) is 6.61 Å². The molecule has 0 aliphatic carbocycles. The van der Waals surface area contributed by atoms with Gasteiger partial charge in [-0.25, -0.2) is 0 Å². The Balaban J connectivity index is 1.63. The summed E-state index contributed by atoms with van der Waals surface area (Å²) in [5.74, 6) is 0.168. The van der Waals surface area contributed by atoms with E-state index in [2.05, 4.69) is 10.9 Å². The molecule has 0 bridgehead atoms. The molecule has 2 amide bonds. The van der Waals surface area contributed by atoms with Gasteiger partial charge in [0.05, 0.1) is 11.5 Å². The molecule has 21 heavy (non-hydrogen) atoms. The molecular weight excluding hydrogens is 288 g/mol. The zero-order valence-electron chi connectivity index (χ0n) is 11.4. The van der Waals surface area contributed by atoms with Crippen LogP contribution >= 0.6 is 11.3 Å². The van der Waals surface area contributed by atoms with Gasteiger partial charge in [0.1, 0.15) is 5.75 Å². The van der Waals surface area contributed by atoms with Gasteiger partial charge in [0.25, 0.3) is 11.8 Å². The molecule has 2 heterocycles. The zero-order valence-corrected chi connectivity index (χ0v) is 12.3. The van der Waals surface area contributed by atoms with E-state index in [1.165, 1.54) is 11.3 Å². The first-order chi connectivity index (χ1) is 10.1. The topological polar surface area (TPSA) is 67.4 Å². The molecule has 1 aromatic heterocycles. The van der Waals surface area contributed by atoms with Crippen molar-refractivity contribution < 1.29 is 14.3 Å². The lowest BCUT2D eigenvalue weighted by Crippen LogP contribution is -2.41. The minimum absolute atomic E-state index is 0.314. The molecule has 6 heteroatoms. The van der Waals surface area contributed by atoms with E-state index in [0.29, 0.717) is 17.0 Å². The summed E-state index contributed by atoms with van der Waals surface area (Å²) in [6, 6.07) is 8.85. The molecule has 0 fully saturated rings. The molecule has 0 radical (unpaired) electrons. The highest BCUT2D eigenvalue weighted by Gasteiger charge is 2.15. The van der Waals surface area contributed by atoms with Crippen molar-refractivity contribution in [2.24, 2.45) is 0 Å². The number of thiophene rings is 1. The van der Waals surface area contributed by atoms with E-state index in [4.69, 9.17) is 4.74 Å². The minimum Gasteiger partial charge on any atom is -0.493 e. The Bertz CT molecular complexity index is 709. The van der Waals surface area contributed by atoms with Gasteiger partial charge in [-0.3, -0.25) is 20.4 Å². The van der Waals surface area contributed by atoms with E-state index in [1.54, 1.807) is 24.3 Å². The Labute approximate surface area is 125 Å². The van der Waals surface area contributed by atoms with Crippen LogP contribution in [0.1, 0.15) is 30.5 Å². The van der Waals surface area contributed by atoms with Crippen molar-refractivity contribution in [2.45, 2.75) is 13.3 Å². The summed E-state index contributed by atoms with van der Waals surface area (Å²) in [5, 5.41) is 0. The second kappa shape index (κ2) is 5.57. The van der Waals surface area contributed by atoms with Gasteiger partial charge in [0.15, 0.2) is 0 Å². The summed E-state index contributed by atoms with van der Waals surface area (Å²) < 4.78 is 5.39. The van der Waals surface area contributed by atoms with E-state index < -0.39 is 0 Å². The minimum atomic E-state index is -0.341. The highest BCUT2D eigenvalue weighted by molar-refractivity contribution is 7.13. The van der Waals surface area contributed by atoms with E-state index in [9.17, 15) is 9.59 Å². The van der Waals surface area contributed by atoms with Crippen LogP contribution in [0.2, 0.25) is 0 Å². The molecule has 0 saturated heterocycles. The highest BCUT2D eigenvalue weighted by atomic mass is 32.1. The number of nitrogens with one attached hydrogen (secondary N) is 2. The van der Waals surface area contributed by atoms with Crippen LogP contribution in [-0.4, -0.2) is 18.4 Å². The largest absolute Gasteiger partial charge is 0.493 e. The van der Waals surface area contributed by atoms with Crippen molar-refractivity contribution in [3.63, 3.8) is 0 Å². The lowest BCUT2D eigenvalue weighted by molar-refractivity contribution is 0.0849. The van der Waals surface area contributed by atoms with E-state index in [1.807, 2.05) is 13.0 Å². The molecule has 2 aromatic rings. The first-order valence-corrected chi connectivity index (χ1v) is 7.38. The average molecular weight is 302 g/mol. The predicted octanol–water partition coefficient (Wildman–Crippen LogP) is 2.07. The predicted molar refractivity (Wildman–Crippen MR) is 79.6 cm³/mol. The van der Waals surface area contributed by atoms with E-state index in [0.717, 1.165) is 22.6 Å². The number of hydrazine groups is 1. The van der Waals surface area contributed by atoms with Gasteiger partial charge in [-0.15, -0.1) is 11.3 Å². The summed E-state index contributed by atoms with van der Waals surface area (Å²) in [6.45, 7) is 2.57. The van der Waals surface area contributed by atoms with Gasteiger partial charge in [0.2, 0.25) is 0 Å². The van der Waals surface area contributed by atoms with E-state index in [-0.39, 0.29) is 11.8 Å². The van der Waals surface area contributed by atoms with Crippen LogP contribution < -0.4 is 15.6 Å². The number of benzene rings is 1. The molecule has 0 unspecified atom stereocenters. The van der Waals surface area contributed by atoms with Gasteiger partial charge in [0, 0.05) is 16.9 Å². The summed E-state index contributed by atoms with van der Waals surface area (Å²) in [7, 11) is 0. The van der Waals surface area contributed by atoms with Crippen LogP contribution in [0.4, 0.5) is 0 Å². The fraction of sp³-hybridized carbons (Fsp3) is 0.200. The lowest BCUT2D eigenvalue weighted by atomic mass is 10.1. The van der Waals surface area contributed by atoms with Gasteiger partial charge < -0.3 is 4.74 Å². The normalized spacial score (nSPS) is 12.4. The molecule has 1 aromatic carbocycles. The Kier molecular flexibility index (Phi) is 3.62. The van der Waals surface area contributed by atoms with Crippen molar-refractivity contribution in [1.82, 2.24) is 10.9 Å². The molecular formula is C15H14N2O3S. The number of hydrogen-bond donors (Lipinski definition) is 2. The zero-order chi connectivity index (χ0) is 14.8. The standard InChI is InChI=1S/C15H14N2O3S/c1-9-2-5-13(21-9)15(19)17-16-14(18)11-3-4-12-10(8-11)6-7-20-12/h2-5,8H,6-7H2,1H3,(H,16,18)(H,17,19). The van der Waals surface area contributed by atoms with Gasteiger partial charge in [-0.2, -0.15) is 0 Å². The van der Waals surface area contributed by atoms with Crippen LogP contribution in [0.5, 0.6) is 5.75 Å². The quantitative estimate of drug-likeness (QED) is 0.835. The van der Waals surface area contributed by atoms with Crippen LogP contribution in [-0.2, 0) is 6.42 Å². The number of carbonyl (C=O) groups excluding carboxylic acids is 2. The molecule has 0 spiro atoms. The second-order valence-corrected chi connectivity index (χ2v) is 6.03. The Morgan fingerprint density at radius 3 is 2.71 bits per heavy atom. The number of carbonyl (C=O) groups is 2. The molecule has 1 aliphatic rings. The highest BCUT2D eigenvalue weighted by Crippen LogP contribution is 2.25. The Morgan fingerprint density at radius 1 is 1.14 bits per heavy atom. The second-order valence-electron chi connectivity index (χ2n) is 4.74. The van der Waals surface area contributed by atoms with Gasteiger partial charge in [-0.1, -0.05) is 0 Å². The number of ether oxygens (including phenoxy) is 1. The van der Waals surface area contributed by atoms with Crippen molar-refractivity contribution in [3.8, 4) is 5.75 Å². The monoisotopic (exact) mass is 302 g/mol. The van der Waals surface area contributed by atoms with Crippen LogP contribution in [0.3, 0.4) is 0 Å². The van der Waals surface area contributed by atoms with Gasteiger partial charge in [-0.05, 0) is 42.8 Å². The average Bonchev–Trinajstić information content (AvgIpc) is 3.12. The van der Waals surface area contributed by atoms with Crippen molar-refractivity contribution in [3.05, 3.63) is 51.2 Å². The maximum atomic E-state index is 12.0. The summed E-state index contributed by atoms with van der Waals surface area (Å²) in [5.41, 5.74) is 6.36. The number of amides is 2. The SMILES string of the molecule is Cc1ccc(C(=O)NNC(=O)c2ccc3c(c2)CCO3)s1. The van der Waals surface area contributed by atoms with E-state index >= 15 is 0 Å². The summed E-state index contributed by atoms with van der Waals surface area (Å²) in [4.78, 5) is 25.5. The molecule has 108 valence electrons. The van der Waals surface area contributed by atoms with Crippen molar-refractivity contribution >= 4 is 23.2 Å². The maximum Gasteiger partial charge on any atom is 0.279 e. The number of fused-ring (bicyclic) bond motifs is 1. The summed E-state index contributed by atoms with van der Waals surface area (Å²) in [6.07, 6.45) is 0.803. The molecule has 3 rings (SSSR count). The third-order valence-electron chi connectivity index (χ3n) is 3.21. The van der Waals surface area contributed by atoms with Crippen LogP contribution in [0.25, 0.3) is 0 Å². The molecule has 0 saturated carbocycles. The first kappa shape index (κ1) is 13.6. The van der Waals surface area contributed by atoms with Crippen LogP contribution in [0.15, 0.2) is 30.3 Å². The smallest absolute Gasteiger partial charge is 0.279 e. The third-order valence-corrected chi connectivity index (χ3v) is 4.20. The fourth-order valence-electron chi connectivity index (χ4n) is 2.13. The van der Waals surface area contributed by atoms with Gasteiger partial charge >= 0.3 is 0 Å². The molecule has 5 nitrogen and oxygen atoms in total. The Hall–Kier alpha value is -2.34.